The van der Waals surface area contributed by atoms with Crippen LogP contribution < -0.4 is 4.74 Å². The average Bonchev–Trinajstić information content (AvgIpc) is 2.93. The molecule has 0 saturated heterocycles. The van der Waals surface area contributed by atoms with E-state index in [0.717, 1.165) is 0 Å². The quantitative estimate of drug-likeness (QED) is 0.625. The van der Waals surface area contributed by atoms with Crippen LogP contribution in [0.15, 0.2) is 42.7 Å². The Bertz CT molecular complexity index is 690. The van der Waals surface area contributed by atoms with Crippen molar-refractivity contribution >= 4 is 11.9 Å². The summed E-state index contributed by atoms with van der Waals surface area (Å²) in [5.74, 6) is -0.704. The van der Waals surface area contributed by atoms with Crippen LogP contribution in [0.4, 0.5) is 13.2 Å². The van der Waals surface area contributed by atoms with Crippen LogP contribution in [0, 0.1) is 0 Å². The number of hydrogen-bond acceptors (Lipinski definition) is 3. The van der Waals surface area contributed by atoms with E-state index in [4.69, 9.17) is 0 Å². The smallest absolute Gasteiger partial charge is 0.405 e. The van der Waals surface area contributed by atoms with Gasteiger partial charge in [0, 0.05) is 18.3 Å². The molecule has 0 saturated carbocycles. The van der Waals surface area contributed by atoms with Gasteiger partial charge in [-0.25, -0.2) is 0 Å². The number of allylic oxidation sites excluding steroid dienone is 1. The highest BCUT2D eigenvalue weighted by atomic mass is 19.4. The van der Waals surface area contributed by atoms with Gasteiger partial charge in [-0.05, 0) is 25.1 Å². The van der Waals surface area contributed by atoms with Gasteiger partial charge in [-0.15, -0.1) is 13.2 Å². The third-order valence-electron chi connectivity index (χ3n) is 2.80. The third kappa shape index (κ3) is 4.21. The third-order valence-corrected chi connectivity index (χ3v) is 2.80. The number of hydrogen-bond donors (Lipinski definition) is 0. The molecule has 22 heavy (non-hydrogen) atoms. The van der Waals surface area contributed by atoms with E-state index in [2.05, 4.69) is 9.84 Å². The zero-order valence-corrected chi connectivity index (χ0v) is 11.7. The number of halogens is 3. The van der Waals surface area contributed by atoms with Crippen LogP contribution >= 0.6 is 0 Å². The van der Waals surface area contributed by atoms with Gasteiger partial charge in [-0.1, -0.05) is 18.2 Å². The first-order chi connectivity index (χ1) is 10.4. The second kappa shape index (κ2) is 6.46. The van der Waals surface area contributed by atoms with E-state index < -0.39 is 6.36 Å². The van der Waals surface area contributed by atoms with Crippen LogP contribution in [0.25, 0.3) is 6.08 Å². The summed E-state index contributed by atoms with van der Waals surface area (Å²) in [6.45, 7) is 2.50. The average molecular weight is 310 g/mol. The number of aromatic nitrogens is 2. The summed E-state index contributed by atoms with van der Waals surface area (Å²) in [4.78, 5) is 11.9. The molecule has 1 aromatic carbocycles. The van der Waals surface area contributed by atoms with E-state index >= 15 is 0 Å². The number of para-hydroxylation sites is 1. The summed E-state index contributed by atoms with van der Waals surface area (Å²) in [7, 11) is 0. The summed E-state index contributed by atoms with van der Waals surface area (Å²) in [6, 6.07) is 5.60. The zero-order chi connectivity index (χ0) is 16.2. The van der Waals surface area contributed by atoms with Gasteiger partial charge in [-0.3, -0.25) is 9.48 Å². The number of ketones is 1. The predicted octanol–water partition coefficient (Wildman–Crippen LogP) is 3.70. The first-order valence-electron chi connectivity index (χ1n) is 6.48. The first-order valence-corrected chi connectivity index (χ1v) is 6.48. The topological polar surface area (TPSA) is 44.1 Å². The Hall–Kier alpha value is -2.57. The van der Waals surface area contributed by atoms with E-state index in [-0.39, 0.29) is 17.1 Å². The van der Waals surface area contributed by atoms with Crippen LogP contribution in [-0.2, 0) is 6.54 Å². The molecule has 0 amide bonds. The summed E-state index contributed by atoms with van der Waals surface area (Å²) in [5.41, 5.74) is 0.531. The Labute approximate surface area is 124 Å². The van der Waals surface area contributed by atoms with Crippen molar-refractivity contribution in [3.8, 4) is 5.75 Å². The summed E-state index contributed by atoms with van der Waals surface area (Å²) in [5, 5.41) is 3.97. The molecule has 0 N–H and O–H groups in total. The maximum Gasteiger partial charge on any atom is 0.573 e. The Morgan fingerprint density at radius 1 is 1.36 bits per heavy atom. The largest absolute Gasteiger partial charge is 0.573 e. The van der Waals surface area contributed by atoms with Crippen LogP contribution in [0.3, 0.4) is 0 Å². The maximum absolute atomic E-state index is 12.3. The molecule has 2 rings (SSSR count). The van der Waals surface area contributed by atoms with Gasteiger partial charge in [0.15, 0.2) is 5.78 Å². The second-order valence-corrected chi connectivity index (χ2v) is 4.37. The minimum absolute atomic E-state index is 0.163. The number of carbonyl (C=O) groups excluding carboxylic acids is 1. The fourth-order valence-electron chi connectivity index (χ4n) is 1.76. The molecule has 0 spiro atoms. The van der Waals surface area contributed by atoms with E-state index in [9.17, 15) is 18.0 Å². The Morgan fingerprint density at radius 2 is 2.09 bits per heavy atom. The lowest BCUT2D eigenvalue weighted by Gasteiger charge is -2.10. The van der Waals surface area contributed by atoms with Crippen molar-refractivity contribution in [3.05, 3.63) is 53.9 Å². The normalized spacial score (nSPS) is 11.8. The lowest BCUT2D eigenvalue weighted by atomic mass is 10.1. The lowest BCUT2D eigenvalue weighted by Crippen LogP contribution is -2.17. The van der Waals surface area contributed by atoms with E-state index in [0.29, 0.717) is 12.1 Å². The molecule has 1 heterocycles. The molecule has 2 aromatic rings. The fraction of sp³-hybridized carbons (Fsp3) is 0.200. The molecule has 4 nitrogen and oxygen atoms in total. The molecular weight excluding hydrogens is 297 g/mol. The number of carbonyl (C=O) groups is 1. The Morgan fingerprint density at radius 3 is 2.73 bits per heavy atom. The van der Waals surface area contributed by atoms with Crippen molar-refractivity contribution in [1.82, 2.24) is 9.78 Å². The zero-order valence-electron chi connectivity index (χ0n) is 11.7. The number of ether oxygens (including phenoxy) is 1. The van der Waals surface area contributed by atoms with Gasteiger partial charge in [0.25, 0.3) is 0 Å². The minimum Gasteiger partial charge on any atom is -0.405 e. The molecule has 0 fully saturated rings. The summed E-state index contributed by atoms with van der Waals surface area (Å²) in [6.07, 6.45) is 0.678. The number of rotatable bonds is 5. The van der Waals surface area contributed by atoms with Gasteiger partial charge in [0.2, 0.25) is 0 Å². The van der Waals surface area contributed by atoms with Crippen molar-refractivity contribution < 1.29 is 22.7 Å². The molecule has 0 aliphatic rings. The highest BCUT2D eigenvalue weighted by molar-refractivity contribution is 6.06. The predicted molar refractivity (Wildman–Crippen MR) is 74.4 cm³/mol. The molecule has 7 heteroatoms. The number of benzene rings is 1. The summed E-state index contributed by atoms with van der Waals surface area (Å²) >= 11 is 0. The van der Waals surface area contributed by atoms with E-state index in [1.54, 1.807) is 16.9 Å². The second-order valence-electron chi connectivity index (χ2n) is 4.37. The Kier molecular flexibility index (Phi) is 4.65. The van der Waals surface area contributed by atoms with Crippen LogP contribution in [0.2, 0.25) is 0 Å². The van der Waals surface area contributed by atoms with Crippen molar-refractivity contribution in [2.45, 2.75) is 19.8 Å². The van der Waals surface area contributed by atoms with Gasteiger partial charge >= 0.3 is 6.36 Å². The standard InChI is InChI=1S/C15H13F3N2O2/c1-2-20-10-12(9-19-20)13(21)8-7-11-5-3-4-6-14(11)22-15(16,17)18/h3-10H,2H2,1H3/b8-7+. The van der Waals surface area contributed by atoms with Crippen molar-refractivity contribution in [2.24, 2.45) is 0 Å². The first kappa shape index (κ1) is 15.8. The molecule has 116 valence electrons. The number of alkyl halides is 3. The fourth-order valence-corrected chi connectivity index (χ4v) is 1.76. The van der Waals surface area contributed by atoms with Crippen molar-refractivity contribution in [1.29, 1.82) is 0 Å². The molecule has 0 radical (unpaired) electrons. The highest BCUT2D eigenvalue weighted by Gasteiger charge is 2.31. The monoisotopic (exact) mass is 310 g/mol. The number of nitrogens with zero attached hydrogens (tertiary/aromatic N) is 2. The van der Waals surface area contributed by atoms with Crippen LogP contribution in [0.1, 0.15) is 22.8 Å². The molecule has 0 aliphatic heterocycles. The summed E-state index contributed by atoms with van der Waals surface area (Å²) < 4.78 is 42.4. The van der Waals surface area contributed by atoms with Crippen LogP contribution in [0.5, 0.6) is 5.75 Å². The molecule has 0 bridgehead atoms. The van der Waals surface area contributed by atoms with Gasteiger partial charge < -0.3 is 4.74 Å². The van der Waals surface area contributed by atoms with Crippen molar-refractivity contribution in [2.75, 3.05) is 0 Å². The van der Waals surface area contributed by atoms with Gasteiger partial charge in [-0.2, -0.15) is 5.10 Å². The van der Waals surface area contributed by atoms with Gasteiger partial charge in [0.1, 0.15) is 5.75 Å². The number of aryl methyl sites for hydroxylation is 1. The minimum atomic E-state index is -4.78. The van der Waals surface area contributed by atoms with Crippen LogP contribution in [-0.4, -0.2) is 21.9 Å². The van der Waals surface area contributed by atoms with E-state index in [1.807, 2.05) is 6.92 Å². The van der Waals surface area contributed by atoms with Gasteiger partial charge in [0.05, 0.1) is 11.8 Å². The molecule has 0 aliphatic carbocycles. The lowest BCUT2D eigenvalue weighted by molar-refractivity contribution is -0.274. The molecule has 1 aromatic heterocycles. The molecule has 0 unspecified atom stereocenters. The van der Waals surface area contributed by atoms with Crippen molar-refractivity contribution in [3.63, 3.8) is 0 Å². The highest BCUT2D eigenvalue weighted by Crippen LogP contribution is 2.27. The Balaban J connectivity index is 2.17. The SMILES string of the molecule is CCn1cc(C(=O)/C=C/c2ccccc2OC(F)(F)F)cn1. The van der Waals surface area contributed by atoms with E-state index in [1.165, 1.54) is 36.5 Å². The molecular formula is C15H13F3N2O2. The maximum atomic E-state index is 12.3. The molecule has 0 atom stereocenters.